The van der Waals surface area contributed by atoms with Crippen LogP contribution >= 0.6 is 11.8 Å². The van der Waals surface area contributed by atoms with Crippen molar-refractivity contribution in [1.82, 2.24) is 0 Å². The van der Waals surface area contributed by atoms with Gasteiger partial charge in [0, 0.05) is 22.4 Å². The van der Waals surface area contributed by atoms with Crippen LogP contribution in [0.5, 0.6) is 5.75 Å². The van der Waals surface area contributed by atoms with Crippen LogP contribution in [0.15, 0.2) is 47.4 Å². The Labute approximate surface area is 192 Å². The number of rotatable bonds is 5. The summed E-state index contributed by atoms with van der Waals surface area (Å²) >= 11 is 1.54. The van der Waals surface area contributed by atoms with Crippen LogP contribution in [-0.2, 0) is 16.1 Å². The molecule has 0 saturated carbocycles. The third-order valence-electron chi connectivity index (χ3n) is 5.76. The monoisotopic (exact) mass is 453 g/mol. The van der Waals surface area contributed by atoms with Gasteiger partial charge in [0.25, 0.3) is 0 Å². The molecule has 2 aromatic rings. The lowest BCUT2D eigenvalue weighted by Crippen LogP contribution is -2.32. The molecule has 0 aromatic heterocycles. The first-order chi connectivity index (χ1) is 15.2. The summed E-state index contributed by atoms with van der Waals surface area (Å²) in [5, 5.41) is 3.33. The molecule has 32 heavy (non-hydrogen) atoms. The van der Waals surface area contributed by atoms with E-state index in [1.165, 1.54) is 23.9 Å². The molecule has 6 heteroatoms. The van der Waals surface area contributed by atoms with Gasteiger partial charge in [-0.2, -0.15) is 0 Å². The lowest BCUT2D eigenvalue weighted by molar-refractivity contribution is -0.144. The van der Waals surface area contributed by atoms with Gasteiger partial charge in [0.15, 0.2) is 0 Å². The molecule has 1 atom stereocenters. The van der Waals surface area contributed by atoms with E-state index in [0.717, 1.165) is 32.9 Å². The van der Waals surface area contributed by atoms with Crippen molar-refractivity contribution in [3.05, 3.63) is 64.3 Å². The molecule has 0 spiro atoms. The largest absolute Gasteiger partial charge is 0.496 e. The van der Waals surface area contributed by atoms with Crippen LogP contribution in [0.2, 0.25) is 0 Å². The number of halogens is 1. The molecule has 0 radical (unpaired) electrons. The van der Waals surface area contributed by atoms with Crippen LogP contribution in [-0.4, -0.2) is 23.9 Å². The summed E-state index contributed by atoms with van der Waals surface area (Å²) in [4.78, 5) is 13.9. The molecular weight excluding hydrogens is 425 g/mol. The second kappa shape index (κ2) is 8.66. The fourth-order valence-corrected chi connectivity index (χ4v) is 5.46. The average molecular weight is 454 g/mol. The summed E-state index contributed by atoms with van der Waals surface area (Å²) in [5.74, 6) is -0.0173. The minimum Gasteiger partial charge on any atom is -0.496 e. The Kier molecular flexibility index (Phi) is 6.08. The number of ether oxygens (including phenoxy) is 2. The van der Waals surface area contributed by atoms with Crippen molar-refractivity contribution >= 4 is 29.0 Å². The summed E-state index contributed by atoms with van der Waals surface area (Å²) in [7, 11) is 1.57. The number of fused-ring (bicyclic) bond motifs is 1. The quantitative estimate of drug-likeness (QED) is 0.520. The van der Waals surface area contributed by atoms with E-state index in [-0.39, 0.29) is 29.2 Å². The van der Waals surface area contributed by atoms with Crippen LogP contribution < -0.4 is 10.1 Å². The molecule has 1 N–H and O–H groups in total. The van der Waals surface area contributed by atoms with Crippen LogP contribution in [0, 0.1) is 5.82 Å². The smallest absolute Gasteiger partial charge is 0.320 e. The Bertz CT molecular complexity index is 1140. The maximum atomic E-state index is 14.2. The lowest BCUT2D eigenvalue weighted by Gasteiger charge is -2.33. The summed E-state index contributed by atoms with van der Waals surface area (Å²) in [6.45, 7) is 8.37. The minimum absolute atomic E-state index is 0.0976. The molecule has 0 fully saturated rings. The predicted octanol–water partition coefficient (Wildman–Crippen LogP) is 6.56. The van der Waals surface area contributed by atoms with E-state index in [2.05, 4.69) is 38.2 Å². The predicted molar refractivity (Wildman–Crippen MR) is 129 cm³/mol. The maximum absolute atomic E-state index is 14.2. The third kappa shape index (κ3) is 4.42. The number of allylic oxidation sites excluding steroid dienone is 3. The number of carbonyl (C=O) groups is 1. The lowest BCUT2D eigenvalue weighted by atomic mass is 9.85. The molecule has 1 unspecified atom stereocenters. The number of hydrogen-bond donors (Lipinski definition) is 1. The van der Waals surface area contributed by atoms with Gasteiger partial charge < -0.3 is 14.8 Å². The normalized spacial score (nSPS) is 18.9. The number of anilines is 1. The van der Waals surface area contributed by atoms with Gasteiger partial charge in [-0.05, 0) is 74.4 Å². The first-order valence-electron chi connectivity index (χ1n) is 10.7. The molecular formula is C26H28FNO3S. The zero-order valence-electron chi connectivity index (χ0n) is 19.0. The van der Waals surface area contributed by atoms with E-state index >= 15 is 0 Å². The highest BCUT2D eigenvalue weighted by molar-refractivity contribution is 8.04. The number of carbonyl (C=O) groups excluding carboxylic acids is 1. The minimum atomic E-state index is -0.350. The van der Waals surface area contributed by atoms with Crippen molar-refractivity contribution in [3.63, 3.8) is 0 Å². The highest BCUT2D eigenvalue weighted by Gasteiger charge is 2.29. The molecule has 2 heterocycles. The molecule has 0 aliphatic carbocycles. The average Bonchev–Trinajstić information content (AvgIpc) is 3.17. The highest BCUT2D eigenvalue weighted by Crippen LogP contribution is 2.43. The molecule has 4 rings (SSSR count). The molecule has 2 aliphatic rings. The van der Waals surface area contributed by atoms with Gasteiger partial charge in [-0.1, -0.05) is 18.2 Å². The van der Waals surface area contributed by atoms with Crippen molar-refractivity contribution in [2.45, 2.75) is 51.5 Å². The van der Waals surface area contributed by atoms with Gasteiger partial charge in [-0.3, -0.25) is 4.79 Å². The van der Waals surface area contributed by atoms with Crippen molar-refractivity contribution in [3.8, 4) is 16.9 Å². The second-order valence-electron chi connectivity index (χ2n) is 8.80. The summed E-state index contributed by atoms with van der Waals surface area (Å²) in [5.41, 5.74) is 5.08. The second-order valence-corrected chi connectivity index (χ2v) is 10.2. The summed E-state index contributed by atoms with van der Waals surface area (Å²) in [6, 6.07) is 8.40. The van der Waals surface area contributed by atoms with E-state index in [4.69, 9.17) is 9.47 Å². The molecule has 2 aromatic carbocycles. The van der Waals surface area contributed by atoms with Crippen LogP contribution in [0.1, 0.15) is 45.2 Å². The number of esters is 1. The number of hydrogen-bond acceptors (Lipinski definition) is 5. The summed E-state index contributed by atoms with van der Waals surface area (Å²) < 4.78 is 25.5. The van der Waals surface area contributed by atoms with Crippen LogP contribution in [0.3, 0.4) is 0 Å². The molecule has 168 valence electrons. The van der Waals surface area contributed by atoms with E-state index < -0.39 is 0 Å². The van der Waals surface area contributed by atoms with Crippen molar-refractivity contribution in [2.24, 2.45) is 0 Å². The fourth-order valence-electron chi connectivity index (χ4n) is 4.47. The molecule has 4 nitrogen and oxygen atoms in total. The van der Waals surface area contributed by atoms with Gasteiger partial charge in [0.1, 0.15) is 23.4 Å². The van der Waals surface area contributed by atoms with Gasteiger partial charge >= 0.3 is 5.97 Å². The van der Waals surface area contributed by atoms with E-state index in [1.54, 1.807) is 13.2 Å². The number of methoxy groups -OCH3 is 1. The van der Waals surface area contributed by atoms with Gasteiger partial charge in [-0.15, -0.1) is 11.8 Å². The van der Waals surface area contributed by atoms with E-state index in [9.17, 15) is 9.18 Å². The van der Waals surface area contributed by atoms with Gasteiger partial charge in [-0.25, -0.2) is 4.39 Å². The third-order valence-corrected chi connectivity index (χ3v) is 6.97. The first-order valence-corrected chi connectivity index (χ1v) is 11.5. The van der Waals surface area contributed by atoms with Gasteiger partial charge in [0.2, 0.25) is 0 Å². The van der Waals surface area contributed by atoms with Crippen molar-refractivity contribution in [2.75, 3.05) is 12.4 Å². The van der Waals surface area contributed by atoms with Crippen molar-refractivity contribution < 1.29 is 18.7 Å². The number of nitrogens with one attached hydrogen (secondary N) is 1. The first kappa shape index (κ1) is 22.5. The topological polar surface area (TPSA) is 47.6 Å². The Hall–Kier alpha value is -2.73. The highest BCUT2D eigenvalue weighted by atomic mass is 32.2. The van der Waals surface area contributed by atoms with E-state index in [1.807, 2.05) is 19.1 Å². The number of benzene rings is 2. The Morgan fingerprint density at radius 3 is 2.69 bits per heavy atom. The van der Waals surface area contributed by atoms with E-state index in [0.29, 0.717) is 17.7 Å². The molecule has 2 aliphatic heterocycles. The standard InChI is InChI=1S/C26H28FNO3S/c1-15-13-26(3,4)28-21-9-8-18(19-12-17(27)7-10-22(19)30-5)20(24(15)21)14-31-25(29)23-11-6-16(2)32-23/h6-10,12-13,23,28H,11,14H2,1-5H3. The van der Waals surface area contributed by atoms with Crippen LogP contribution in [0.25, 0.3) is 16.7 Å². The molecule has 0 amide bonds. The molecule has 0 bridgehead atoms. The zero-order chi connectivity index (χ0) is 23.0. The van der Waals surface area contributed by atoms with Gasteiger partial charge in [0.05, 0.1) is 12.6 Å². The van der Waals surface area contributed by atoms with Crippen molar-refractivity contribution in [1.29, 1.82) is 0 Å². The number of thioether (sulfide) groups is 1. The Morgan fingerprint density at radius 1 is 1.22 bits per heavy atom. The maximum Gasteiger partial charge on any atom is 0.320 e. The Balaban J connectivity index is 1.78. The fraction of sp³-hybridized carbons (Fsp3) is 0.346. The van der Waals surface area contributed by atoms with Crippen LogP contribution in [0.4, 0.5) is 10.1 Å². The SMILES string of the molecule is COc1ccc(F)cc1-c1ccc2c(c1COC(=O)C1CC=C(C)S1)C(C)=CC(C)(C)N2. The molecule has 0 saturated heterocycles. The Morgan fingerprint density at radius 2 is 2.00 bits per heavy atom. The summed E-state index contributed by atoms with van der Waals surface area (Å²) in [6.07, 6.45) is 4.90. The zero-order valence-corrected chi connectivity index (χ0v) is 19.9.